The first kappa shape index (κ1) is 14.0. The molecule has 1 rings (SSSR count). The lowest BCUT2D eigenvalue weighted by Gasteiger charge is -2.07. The summed E-state index contributed by atoms with van der Waals surface area (Å²) in [7, 11) is 0. The van der Waals surface area contributed by atoms with Crippen molar-refractivity contribution in [2.45, 2.75) is 76.7 Å². The fourth-order valence-electron chi connectivity index (χ4n) is 2.17. The Bertz CT molecular complexity index is 164. The molecule has 0 aromatic rings. The number of unbranched alkanes of at least 4 members (excludes halogenated alkanes) is 8. The lowest BCUT2D eigenvalue weighted by Crippen LogP contribution is -2.16. The quantitative estimate of drug-likeness (QED) is 0.432. The fourth-order valence-corrected chi connectivity index (χ4v) is 2.17. The maximum atomic E-state index is 9.05. The molecule has 1 atom stereocenters. The van der Waals surface area contributed by atoms with Crippen molar-refractivity contribution in [3.63, 3.8) is 0 Å². The van der Waals surface area contributed by atoms with E-state index in [4.69, 9.17) is 9.84 Å². The van der Waals surface area contributed by atoms with Crippen molar-refractivity contribution >= 4 is 0 Å². The van der Waals surface area contributed by atoms with Crippen LogP contribution in [0.2, 0.25) is 0 Å². The van der Waals surface area contributed by atoms with Crippen LogP contribution in [0, 0.1) is 0 Å². The molecule has 0 aromatic carbocycles. The van der Waals surface area contributed by atoms with Crippen molar-refractivity contribution in [3.8, 4) is 0 Å². The van der Waals surface area contributed by atoms with E-state index in [9.17, 15) is 0 Å². The van der Waals surface area contributed by atoms with Crippen molar-refractivity contribution in [3.05, 3.63) is 0 Å². The first-order chi connectivity index (χ1) is 7.83. The molecule has 1 N–H and O–H groups in total. The second-order valence-corrected chi connectivity index (χ2v) is 5.21. The Labute approximate surface area is 100 Å². The average molecular weight is 228 g/mol. The van der Waals surface area contributed by atoms with Crippen LogP contribution < -0.4 is 0 Å². The molecule has 0 bridgehead atoms. The van der Waals surface area contributed by atoms with Gasteiger partial charge >= 0.3 is 0 Å². The van der Waals surface area contributed by atoms with Gasteiger partial charge in [0.2, 0.25) is 0 Å². The molecule has 1 aliphatic heterocycles. The number of rotatable bonds is 11. The van der Waals surface area contributed by atoms with Gasteiger partial charge in [-0.3, -0.25) is 0 Å². The SMILES string of the molecule is CCCCCCCCCCC[C@]1(CO)CO1. The van der Waals surface area contributed by atoms with Crippen LogP contribution in [-0.4, -0.2) is 23.9 Å². The molecule has 0 aliphatic carbocycles. The number of ether oxygens (including phenoxy) is 1. The van der Waals surface area contributed by atoms with Gasteiger partial charge in [-0.05, 0) is 6.42 Å². The Morgan fingerprint density at radius 3 is 1.88 bits per heavy atom. The highest BCUT2D eigenvalue weighted by molar-refractivity contribution is 4.90. The van der Waals surface area contributed by atoms with Crippen LogP contribution in [0.15, 0.2) is 0 Å². The zero-order valence-electron chi connectivity index (χ0n) is 10.8. The van der Waals surface area contributed by atoms with Crippen LogP contribution in [0.3, 0.4) is 0 Å². The number of hydrogen-bond donors (Lipinski definition) is 1. The molecule has 0 saturated carbocycles. The second-order valence-electron chi connectivity index (χ2n) is 5.21. The maximum absolute atomic E-state index is 9.05. The molecule has 1 heterocycles. The topological polar surface area (TPSA) is 32.8 Å². The van der Waals surface area contributed by atoms with Crippen LogP contribution in [0.25, 0.3) is 0 Å². The van der Waals surface area contributed by atoms with Gasteiger partial charge in [0.25, 0.3) is 0 Å². The van der Waals surface area contributed by atoms with E-state index >= 15 is 0 Å². The number of aliphatic hydroxyl groups excluding tert-OH is 1. The smallest absolute Gasteiger partial charge is 0.115 e. The zero-order valence-corrected chi connectivity index (χ0v) is 10.8. The van der Waals surface area contributed by atoms with Crippen LogP contribution in [0.4, 0.5) is 0 Å². The summed E-state index contributed by atoms with van der Waals surface area (Å²) in [4.78, 5) is 0. The molecule has 0 aromatic heterocycles. The van der Waals surface area contributed by atoms with Gasteiger partial charge in [0, 0.05) is 0 Å². The first-order valence-electron chi connectivity index (χ1n) is 7.08. The maximum Gasteiger partial charge on any atom is 0.115 e. The standard InChI is InChI=1S/C14H28O2/c1-2-3-4-5-6-7-8-9-10-11-14(12-15)13-16-14/h15H,2-13H2,1H3/t14-/m0/s1. The fraction of sp³-hybridized carbons (Fsp3) is 1.00. The van der Waals surface area contributed by atoms with E-state index in [0.29, 0.717) is 0 Å². The average Bonchev–Trinajstić information content (AvgIpc) is 3.08. The van der Waals surface area contributed by atoms with Crippen molar-refractivity contribution < 1.29 is 9.84 Å². The van der Waals surface area contributed by atoms with E-state index < -0.39 is 0 Å². The van der Waals surface area contributed by atoms with E-state index in [0.717, 1.165) is 13.0 Å². The van der Waals surface area contributed by atoms with Crippen molar-refractivity contribution in [1.29, 1.82) is 0 Å². The molecular formula is C14H28O2. The highest BCUT2D eigenvalue weighted by Gasteiger charge is 2.43. The number of epoxide rings is 1. The van der Waals surface area contributed by atoms with Gasteiger partial charge in [-0.15, -0.1) is 0 Å². The Morgan fingerprint density at radius 2 is 1.44 bits per heavy atom. The van der Waals surface area contributed by atoms with Crippen molar-refractivity contribution in [1.82, 2.24) is 0 Å². The third kappa shape index (κ3) is 5.86. The van der Waals surface area contributed by atoms with Gasteiger partial charge in [-0.25, -0.2) is 0 Å². The van der Waals surface area contributed by atoms with Crippen LogP contribution in [-0.2, 0) is 4.74 Å². The third-order valence-corrected chi connectivity index (χ3v) is 3.58. The summed E-state index contributed by atoms with van der Waals surface area (Å²) in [5.41, 5.74) is -0.110. The van der Waals surface area contributed by atoms with E-state index in [1.165, 1.54) is 57.8 Å². The number of hydrogen-bond acceptors (Lipinski definition) is 2. The van der Waals surface area contributed by atoms with Gasteiger partial charge in [0.1, 0.15) is 5.60 Å². The molecule has 2 heteroatoms. The van der Waals surface area contributed by atoms with Gasteiger partial charge in [0.05, 0.1) is 13.2 Å². The molecule has 1 saturated heterocycles. The Morgan fingerprint density at radius 1 is 0.938 bits per heavy atom. The van der Waals surface area contributed by atoms with Crippen LogP contribution in [0.1, 0.15) is 71.1 Å². The van der Waals surface area contributed by atoms with Gasteiger partial charge in [-0.2, -0.15) is 0 Å². The molecule has 2 nitrogen and oxygen atoms in total. The Kier molecular flexibility index (Phi) is 7.06. The lowest BCUT2D eigenvalue weighted by molar-refractivity contribution is 0.161. The molecule has 0 unspecified atom stereocenters. The lowest BCUT2D eigenvalue weighted by atomic mass is 10.0. The van der Waals surface area contributed by atoms with Gasteiger partial charge in [-0.1, -0.05) is 64.7 Å². The third-order valence-electron chi connectivity index (χ3n) is 3.58. The summed E-state index contributed by atoms with van der Waals surface area (Å²) >= 11 is 0. The molecule has 1 aliphatic rings. The Hall–Kier alpha value is -0.0800. The summed E-state index contributed by atoms with van der Waals surface area (Å²) in [6.45, 7) is 3.25. The summed E-state index contributed by atoms with van der Waals surface area (Å²) in [5.74, 6) is 0. The van der Waals surface area contributed by atoms with Crippen molar-refractivity contribution in [2.75, 3.05) is 13.2 Å². The van der Waals surface area contributed by atoms with Gasteiger partial charge < -0.3 is 9.84 Å². The predicted molar refractivity (Wildman–Crippen MR) is 67.6 cm³/mol. The van der Waals surface area contributed by atoms with Gasteiger partial charge in [0.15, 0.2) is 0 Å². The monoisotopic (exact) mass is 228 g/mol. The van der Waals surface area contributed by atoms with E-state index in [-0.39, 0.29) is 12.2 Å². The largest absolute Gasteiger partial charge is 0.393 e. The molecule has 0 radical (unpaired) electrons. The summed E-state index contributed by atoms with van der Waals surface area (Å²) < 4.78 is 5.27. The number of aliphatic hydroxyl groups is 1. The van der Waals surface area contributed by atoms with E-state index in [1.54, 1.807) is 0 Å². The highest BCUT2D eigenvalue weighted by atomic mass is 16.6. The minimum atomic E-state index is -0.110. The molecular weight excluding hydrogens is 200 g/mol. The highest BCUT2D eigenvalue weighted by Crippen LogP contribution is 2.32. The van der Waals surface area contributed by atoms with E-state index in [2.05, 4.69) is 6.92 Å². The minimum Gasteiger partial charge on any atom is -0.393 e. The summed E-state index contributed by atoms with van der Waals surface area (Å²) in [5, 5.41) is 9.05. The Balaban J connectivity index is 1.75. The molecule has 0 amide bonds. The first-order valence-corrected chi connectivity index (χ1v) is 7.08. The molecule has 16 heavy (non-hydrogen) atoms. The second kappa shape index (κ2) is 8.08. The molecule has 96 valence electrons. The molecule has 1 fully saturated rings. The van der Waals surface area contributed by atoms with Crippen molar-refractivity contribution in [2.24, 2.45) is 0 Å². The summed E-state index contributed by atoms with van der Waals surface area (Å²) in [6.07, 6.45) is 13.3. The van der Waals surface area contributed by atoms with Crippen LogP contribution >= 0.6 is 0 Å². The summed E-state index contributed by atoms with van der Waals surface area (Å²) in [6, 6.07) is 0. The zero-order chi connectivity index (χ0) is 11.7. The van der Waals surface area contributed by atoms with Crippen LogP contribution in [0.5, 0.6) is 0 Å². The minimum absolute atomic E-state index is 0.110. The molecule has 0 spiro atoms. The normalized spacial score (nSPS) is 23.6. The van der Waals surface area contributed by atoms with E-state index in [1.807, 2.05) is 0 Å². The predicted octanol–water partition coefficient (Wildman–Crippen LogP) is 3.67.